The van der Waals surface area contributed by atoms with Crippen molar-refractivity contribution in [2.24, 2.45) is 0 Å². The first-order valence-electron chi connectivity index (χ1n) is 6.15. The van der Waals surface area contributed by atoms with E-state index in [9.17, 15) is 14.4 Å². The molecule has 0 aromatic heterocycles. The molecule has 0 saturated carbocycles. The molecule has 1 aromatic rings. The smallest absolute Gasteiger partial charge is 0.430 e. The lowest BCUT2D eigenvalue weighted by atomic mass is 10.2. The molecule has 0 radical (unpaired) electrons. The first-order chi connectivity index (χ1) is 10.7. The number of benzene rings is 1. The molecule has 0 aliphatic carbocycles. The van der Waals surface area contributed by atoms with Gasteiger partial charge in [0.2, 0.25) is 9.90 Å². The van der Waals surface area contributed by atoms with Gasteiger partial charge in [-0.15, -0.1) is 0 Å². The molecule has 23 heavy (non-hydrogen) atoms. The van der Waals surface area contributed by atoms with Crippen molar-refractivity contribution >= 4 is 52.8 Å². The summed E-state index contributed by atoms with van der Waals surface area (Å²) < 4.78 is 7.25. The summed E-state index contributed by atoms with van der Waals surface area (Å²) in [7, 11) is 0. The van der Waals surface area contributed by atoms with Crippen LogP contribution in [0.25, 0.3) is 0 Å². The Morgan fingerprint density at radius 3 is 2.35 bits per heavy atom. The van der Waals surface area contributed by atoms with Gasteiger partial charge in [-0.25, -0.2) is 9.59 Å². The van der Waals surface area contributed by atoms with E-state index in [-0.39, 0.29) is 5.56 Å². The van der Waals surface area contributed by atoms with Crippen LogP contribution >= 0.6 is 34.8 Å². The number of carbonyl (C=O) groups is 3. The predicted octanol–water partition coefficient (Wildman–Crippen LogP) is 2.79. The Balaban J connectivity index is 2.36. The minimum atomic E-state index is -1.80. The van der Waals surface area contributed by atoms with E-state index in [4.69, 9.17) is 34.8 Å². The van der Waals surface area contributed by atoms with Crippen LogP contribution in [0.15, 0.2) is 30.3 Å². The van der Waals surface area contributed by atoms with Gasteiger partial charge in [0.05, 0.1) is 0 Å². The van der Waals surface area contributed by atoms with Gasteiger partial charge in [0.15, 0.2) is 0 Å². The predicted molar refractivity (Wildman–Crippen MR) is 82.2 cm³/mol. The third-order valence-electron chi connectivity index (χ3n) is 2.24. The van der Waals surface area contributed by atoms with Crippen molar-refractivity contribution in [3.63, 3.8) is 0 Å². The highest BCUT2D eigenvalue weighted by Crippen LogP contribution is 2.26. The SMILES string of the molecule is CC(OC(=O)OCC(Cl)(Cl)Cl)C(=O)ONC(=O)c1ccccc1. The van der Waals surface area contributed by atoms with Gasteiger partial charge in [0, 0.05) is 5.56 Å². The summed E-state index contributed by atoms with van der Waals surface area (Å²) in [5.41, 5.74) is 2.21. The summed E-state index contributed by atoms with van der Waals surface area (Å²) >= 11 is 16.1. The van der Waals surface area contributed by atoms with Gasteiger partial charge in [0.1, 0.15) is 6.61 Å². The Bertz CT molecular complexity index is 561. The molecule has 10 heteroatoms. The highest BCUT2D eigenvalue weighted by molar-refractivity contribution is 6.67. The summed E-state index contributed by atoms with van der Waals surface area (Å²) in [6.07, 6.45) is -2.57. The Morgan fingerprint density at radius 2 is 1.78 bits per heavy atom. The minimum Gasteiger partial charge on any atom is -0.430 e. The van der Waals surface area contributed by atoms with Crippen LogP contribution in [0.2, 0.25) is 0 Å². The van der Waals surface area contributed by atoms with Gasteiger partial charge in [0.25, 0.3) is 5.91 Å². The minimum absolute atomic E-state index is 0.288. The Hall–Kier alpha value is -1.70. The summed E-state index contributed by atoms with van der Waals surface area (Å²) in [6, 6.07) is 8.06. The molecule has 1 unspecified atom stereocenters. The molecule has 0 spiro atoms. The number of halogens is 3. The molecule has 0 fully saturated rings. The van der Waals surface area contributed by atoms with Crippen molar-refractivity contribution in [2.75, 3.05) is 6.61 Å². The van der Waals surface area contributed by atoms with E-state index in [0.717, 1.165) is 0 Å². The number of hydrogen-bond donors (Lipinski definition) is 1. The van der Waals surface area contributed by atoms with Gasteiger partial charge in [-0.05, 0) is 19.1 Å². The third kappa shape index (κ3) is 7.92. The van der Waals surface area contributed by atoms with Gasteiger partial charge >= 0.3 is 12.1 Å². The highest BCUT2D eigenvalue weighted by Gasteiger charge is 2.26. The summed E-state index contributed by atoms with van der Waals surface area (Å²) in [5.74, 6) is -1.65. The van der Waals surface area contributed by atoms with Gasteiger partial charge in [-0.1, -0.05) is 53.0 Å². The van der Waals surface area contributed by atoms with Gasteiger partial charge in [-0.3, -0.25) is 4.79 Å². The quantitative estimate of drug-likeness (QED) is 0.488. The van der Waals surface area contributed by atoms with Crippen molar-refractivity contribution in [3.05, 3.63) is 35.9 Å². The zero-order valence-corrected chi connectivity index (χ0v) is 14.0. The van der Waals surface area contributed by atoms with E-state index in [1.165, 1.54) is 19.1 Å². The number of alkyl halides is 3. The maximum Gasteiger partial charge on any atom is 0.509 e. The van der Waals surface area contributed by atoms with Crippen molar-refractivity contribution in [3.8, 4) is 0 Å². The molecular formula is C13H12Cl3NO6. The van der Waals surface area contributed by atoms with Crippen LogP contribution in [0, 0.1) is 0 Å². The van der Waals surface area contributed by atoms with E-state index in [1.54, 1.807) is 18.2 Å². The van der Waals surface area contributed by atoms with Gasteiger partial charge in [-0.2, -0.15) is 5.48 Å². The number of rotatable bonds is 4. The van der Waals surface area contributed by atoms with Gasteiger partial charge < -0.3 is 14.3 Å². The number of ether oxygens (including phenoxy) is 2. The van der Waals surface area contributed by atoms with Crippen LogP contribution in [0.4, 0.5) is 4.79 Å². The Labute approximate surface area is 146 Å². The second-order valence-electron chi connectivity index (χ2n) is 4.13. The highest BCUT2D eigenvalue weighted by atomic mass is 35.6. The number of hydrogen-bond acceptors (Lipinski definition) is 6. The number of nitrogens with one attached hydrogen (secondary N) is 1. The van der Waals surface area contributed by atoms with Crippen molar-refractivity contribution in [1.82, 2.24) is 5.48 Å². The molecule has 0 saturated heterocycles. The van der Waals surface area contributed by atoms with Crippen LogP contribution in [0.1, 0.15) is 17.3 Å². The average Bonchev–Trinajstić information content (AvgIpc) is 2.50. The van der Waals surface area contributed by atoms with Crippen LogP contribution in [-0.2, 0) is 19.1 Å². The fourth-order valence-corrected chi connectivity index (χ4v) is 1.36. The van der Waals surface area contributed by atoms with Crippen molar-refractivity contribution in [2.45, 2.75) is 16.8 Å². The van der Waals surface area contributed by atoms with E-state index >= 15 is 0 Å². The third-order valence-corrected chi connectivity index (χ3v) is 2.57. The molecule has 1 atom stereocenters. The number of amides is 1. The largest absolute Gasteiger partial charge is 0.509 e. The fourth-order valence-electron chi connectivity index (χ4n) is 1.20. The van der Waals surface area contributed by atoms with Crippen LogP contribution < -0.4 is 5.48 Å². The monoisotopic (exact) mass is 383 g/mol. The second kappa shape index (κ2) is 8.81. The molecule has 0 bridgehead atoms. The average molecular weight is 385 g/mol. The number of carbonyl (C=O) groups excluding carboxylic acids is 3. The molecular weight excluding hydrogens is 373 g/mol. The first kappa shape index (κ1) is 19.3. The van der Waals surface area contributed by atoms with Crippen LogP contribution in [0.5, 0.6) is 0 Å². The Kier molecular flexibility index (Phi) is 7.41. The van der Waals surface area contributed by atoms with Crippen molar-refractivity contribution in [1.29, 1.82) is 0 Å². The van der Waals surface area contributed by atoms with E-state index in [1.807, 2.05) is 5.48 Å². The maximum absolute atomic E-state index is 11.6. The summed E-state index contributed by atoms with van der Waals surface area (Å²) in [6.45, 7) is 0.663. The lowest BCUT2D eigenvalue weighted by Gasteiger charge is -2.14. The maximum atomic E-state index is 11.6. The molecule has 0 aliphatic rings. The molecule has 1 N–H and O–H groups in total. The molecule has 1 rings (SSSR count). The lowest BCUT2D eigenvalue weighted by molar-refractivity contribution is -0.159. The molecule has 0 heterocycles. The van der Waals surface area contributed by atoms with E-state index in [0.29, 0.717) is 0 Å². The van der Waals surface area contributed by atoms with Crippen LogP contribution in [0.3, 0.4) is 0 Å². The fraction of sp³-hybridized carbons (Fsp3) is 0.308. The van der Waals surface area contributed by atoms with Crippen LogP contribution in [-0.4, -0.2) is 34.5 Å². The molecule has 0 aliphatic heterocycles. The molecule has 7 nitrogen and oxygen atoms in total. The van der Waals surface area contributed by atoms with Crippen molar-refractivity contribution < 1.29 is 28.7 Å². The van der Waals surface area contributed by atoms with E-state index in [2.05, 4.69) is 14.3 Å². The Morgan fingerprint density at radius 1 is 1.17 bits per heavy atom. The van der Waals surface area contributed by atoms with E-state index < -0.39 is 34.5 Å². The molecule has 1 aromatic carbocycles. The normalized spacial score (nSPS) is 12.0. The lowest BCUT2D eigenvalue weighted by Crippen LogP contribution is -2.34. The first-order valence-corrected chi connectivity index (χ1v) is 7.28. The summed E-state index contributed by atoms with van der Waals surface area (Å²) in [4.78, 5) is 39.0. The molecule has 126 valence electrons. The second-order valence-corrected chi connectivity index (χ2v) is 6.65. The zero-order chi connectivity index (χ0) is 17.5. The zero-order valence-electron chi connectivity index (χ0n) is 11.8. The standard InChI is InChI=1S/C13H12Cl3NO6/c1-8(22-12(20)21-7-13(14,15)16)11(19)23-17-10(18)9-5-3-2-4-6-9/h2-6,8H,7H2,1H3,(H,17,18). The number of hydroxylamine groups is 1. The summed E-state index contributed by atoms with van der Waals surface area (Å²) in [5, 5.41) is 0. The topological polar surface area (TPSA) is 90.9 Å². The molecule has 1 amide bonds.